The van der Waals surface area contributed by atoms with Crippen LogP contribution in [0.2, 0.25) is 0 Å². The van der Waals surface area contributed by atoms with E-state index in [4.69, 9.17) is 0 Å². The Morgan fingerprint density at radius 2 is 1.83 bits per heavy atom. The molecule has 0 bridgehead atoms. The van der Waals surface area contributed by atoms with Crippen LogP contribution in [0, 0.1) is 0 Å². The van der Waals surface area contributed by atoms with Crippen molar-refractivity contribution in [2.24, 2.45) is 7.05 Å². The van der Waals surface area contributed by atoms with E-state index in [9.17, 15) is 18.6 Å². The molecule has 0 aliphatic heterocycles. The fraction of sp³-hybridized carbons (Fsp3) is 0.0667. The molecule has 0 aliphatic rings. The summed E-state index contributed by atoms with van der Waals surface area (Å²) in [5, 5.41) is 19.6. The summed E-state index contributed by atoms with van der Waals surface area (Å²) in [6, 6.07) is 9.24. The maximum Gasteiger partial charge on any atom is 0.263 e. The molecule has 2 aromatic heterocycles. The Labute approximate surface area is 138 Å². The average Bonchev–Trinajstić information content (AvgIpc) is 2.83. The normalized spacial score (nSPS) is 11.4. The molecule has 0 saturated carbocycles. The van der Waals surface area contributed by atoms with E-state index in [0.29, 0.717) is 0 Å². The fourth-order valence-electron chi connectivity index (χ4n) is 2.15. The minimum absolute atomic E-state index is 0.0478. The van der Waals surface area contributed by atoms with Crippen molar-refractivity contribution in [3.63, 3.8) is 0 Å². The zero-order valence-electron chi connectivity index (χ0n) is 12.6. The quantitative estimate of drug-likeness (QED) is 0.662. The second kappa shape index (κ2) is 5.85. The number of hydrogen-bond acceptors (Lipinski definition) is 6. The van der Waals surface area contributed by atoms with Crippen LogP contribution in [0.1, 0.15) is 0 Å². The molecule has 0 amide bonds. The van der Waals surface area contributed by atoms with Crippen molar-refractivity contribution in [3.05, 3.63) is 48.9 Å². The highest BCUT2D eigenvalue weighted by Crippen LogP contribution is 2.37. The van der Waals surface area contributed by atoms with Crippen molar-refractivity contribution in [2.75, 3.05) is 4.72 Å². The summed E-state index contributed by atoms with van der Waals surface area (Å²) in [6.45, 7) is 0. The van der Waals surface area contributed by atoms with E-state index < -0.39 is 10.0 Å². The molecule has 0 aliphatic carbocycles. The first kappa shape index (κ1) is 15.8. The van der Waals surface area contributed by atoms with Gasteiger partial charge in [0.15, 0.2) is 5.75 Å². The van der Waals surface area contributed by atoms with Gasteiger partial charge in [0.05, 0.1) is 16.2 Å². The highest BCUT2D eigenvalue weighted by molar-refractivity contribution is 7.92. The molecular weight excluding hydrogens is 332 g/mol. The number of hydrogen-bond donors (Lipinski definition) is 3. The van der Waals surface area contributed by atoms with Crippen molar-refractivity contribution in [3.8, 4) is 22.9 Å². The maximum absolute atomic E-state index is 12.3. The highest BCUT2D eigenvalue weighted by Gasteiger charge is 2.18. The third-order valence-electron chi connectivity index (χ3n) is 3.36. The van der Waals surface area contributed by atoms with Crippen LogP contribution in [0.4, 0.5) is 5.82 Å². The Morgan fingerprint density at radius 1 is 1.12 bits per heavy atom. The summed E-state index contributed by atoms with van der Waals surface area (Å²) in [7, 11) is -2.23. The van der Waals surface area contributed by atoms with Gasteiger partial charge in [-0.2, -0.15) is 0 Å². The van der Waals surface area contributed by atoms with Gasteiger partial charge in [0, 0.05) is 19.3 Å². The van der Waals surface area contributed by atoms with E-state index in [1.54, 1.807) is 25.2 Å². The van der Waals surface area contributed by atoms with Gasteiger partial charge in [0.1, 0.15) is 12.1 Å². The van der Waals surface area contributed by atoms with Crippen LogP contribution in [0.5, 0.6) is 11.6 Å². The van der Waals surface area contributed by atoms with Crippen molar-refractivity contribution < 1.29 is 18.6 Å². The Balaban J connectivity index is 1.96. The number of anilines is 1. The van der Waals surface area contributed by atoms with E-state index in [2.05, 4.69) is 14.7 Å². The summed E-state index contributed by atoms with van der Waals surface area (Å²) in [5.74, 6) is -0.602. The molecule has 0 unspecified atom stereocenters. The SMILES string of the molecule is Cn1cc(-c2cc(NS(=O)(=O)c3ccccc3)ncn2)c(O)c1O. The topological polar surface area (TPSA) is 117 Å². The summed E-state index contributed by atoms with van der Waals surface area (Å²) in [5.41, 5.74) is 0.529. The monoisotopic (exact) mass is 346 g/mol. The number of aromatic nitrogens is 3. The third kappa shape index (κ3) is 2.88. The average molecular weight is 346 g/mol. The standard InChI is InChI=1S/C15H14N4O4S/c1-19-8-11(14(20)15(19)21)12-7-13(17-9-16-12)18-24(22,23)10-5-3-2-4-6-10/h2-9,20-21H,1H3,(H,16,17,18). The molecule has 0 atom stereocenters. The number of rotatable bonds is 4. The molecule has 3 N–H and O–H groups in total. The Bertz CT molecular complexity index is 984. The minimum atomic E-state index is -3.78. The van der Waals surface area contributed by atoms with Crippen LogP contribution in [0.25, 0.3) is 11.3 Å². The van der Waals surface area contributed by atoms with Gasteiger partial charge in [0.2, 0.25) is 5.88 Å². The van der Waals surface area contributed by atoms with Gasteiger partial charge in [-0.25, -0.2) is 18.4 Å². The molecule has 3 aromatic rings. The number of nitrogens with one attached hydrogen (secondary N) is 1. The Hall–Kier alpha value is -3.07. The summed E-state index contributed by atoms with van der Waals surface area (Å²) in [6.07, 6.45) is 2.64. The number of sulfonamides is 1. The first-order chi connectivity index (χ1) is 11.4. The molecule has 0 saturated heterocycles. The van der Waals surface area contributed by atoms with Gasteiger partial charge >= 0.3 is 0 Å². The van der Waals surface area contributed by atoms with E-state index >= 15 is 0 Å². The highest BCUT2D eigenvalue weighted by atomic mass is 32.2. The van der Waals surface area contributed by atoms with Gasteiger partial charge in [-0.1, -0.05) is 18.2 Å². The summed E-state index contributed by atoms with van der Waals surface area (Å²) < 4.78 is 28.3. The molecule has 8 nitrogen and oxygen atoms in total. The smallest absolute Gasteiger partial charge is 0.263 e. The molecule has 2 heterocycles. The van der Waals surface area contributed by atoms with Gasteiger partial charge in [-0.05, 0) is 12.1 Å². The minimum Gasteiger partial charge on any atom is -0.503 e. The lowest BCUT2D eigenvalue weighted by atomic mass is 10.2. The summed E-state index contributed by atoms with van der Waals surface area (Å²) >= 11 is 0. The van der Waals surface area contributed by atoms with Crippen LogP contribution in [0.3, 0.4) is 0 Å². The maximum atomic E-state index is 12.3. The van der Waals surface area contributed by atoms with E-state index in [0.717, 1.165) is 0 Å². The lowest BCUT2D eigenvalue weighted by molar-refractivity contribution is 0.381. The van der Waals surface area contributed by atoms with E-state index in [-0.39, 0.29) is 33.6 Å². The van der Waals surface area contributed by atoms with Crippen LogP contribution < -0.4 is 4.72 Å². The fourth-order valence-corrected chi connectivity index (χ4v) is 3.17. The van der Waals surface area contributed by atoms with Crippen molar-refractivity contribution >= 4 is 15.8 Å². The Morgan fingerprint density at radius 3 is 2.46 bits per heavy atom. The number of aromatic hydroxyl groups is 2. The molecule has 1 aromatic carbocycles. The number of aryl methyl sites for hydroxylation is 1. The van der Waals surface area contributed by atoms with Gasteiger partial charge in [0.25, 0.3) is 10.0 Å². The molecule has 3 rings (SSSR count). The zero-order valence-corrected chi connectivity index (χ0v) is 13.4. The molecule has 124 valence electrons. The molecule has 9 heteroatoms. The van der Waals surface area contributed by atoms with Crippen LogP contribution in [-0.2, 0) is 17.1 Å². The van der Waals surface area contributed by atoms with E-state index in [1.807, 2.05) is 0 Å². The lowest BCUT2D eigenvalue weighted by Crippen LogP contribution is -2.14. The molecule has 0 radical (unpaired) electrons. The summed E-state index contributed by atoms with van der Waals surface area (Å²) in [4.78, 5) is 7.98. The number of nitrogens with zero attached hydrogens (tertiary/aromatic N) is 3. The second-order valence-electron chi connectivity index (χ2n) is 5.03. The second-order valence-corrected chi connectivity index (χ2v) is 6.72. The number of benzene rings is 1. The van der Waals surface area contributed by atoms with Crippen LogP contribution in [-0.4, -0.2) is 33.2 Å². The van der Waals surface area contributed by atoms with Gasteiger partial charge < -0.3 is 14.8 Å². The van der Waals surface area contributed by atoms with Gasteiger partial charge in [-0.3, -0.25) is 4.72 Å². The molecule has 0 spiro atoms. The third-order valence-corrected chi connectivity index (χ3v) is 4.73. The largest absolute Gasteiger partial charge is 0.503 e. The first-order valence-electron chi connectivity index (χ1n) is 6.86. The van der Waals surface area contributed by atoms with Crippen molar-refractivity contribution in [1.29, 1.82) is 0 Å². The van der Waals surface area contributed by atoms with Crippen LogP contribution in [0.15, 0.2) is 53.8 Å². The molecule has 0 fully saturated rings. The van der Waals surface area contributed by atoms with Crippen LogP contribution >= 0.6 is 0 Å². The predicted molar refractivity (Wildman–Crippen MR) is 87.0 cm³/mol. The molecule has 24 heavy (non-hydrogen) atoms. The van der Waals surface area contributed by atoms with Crippen molar-refractivity contribution in [2.45, 2.75) is 4.90 Å². The van der Waals surface area contributed by atoms with E-state index in [1.165, 1.54) is 35.3 Å². The Kier molecular flexibility index (Phi) is 3.86. The van der Waals surface area contributed by atoms with Gasteiger partial charge in [-0.15, -0.1) is 0 Å². The van der Waals surface area contributed by atoms with Crippen molar-refractivity contribution in [1.82, 2.24) is 14.5 Å². The first-order valence-corrected chi connectivity index (χ1v) is 8.34. The molecular formula is C15H14N4O4S. The lowest BCUT2D eigenvalue weighted by Gasteiger charge is -2.08. The predicted octanol–water partition coefficient (Wildman–Crippen LogP) is 1.69. The zero-order chi connectivity index (χ0) is 17.3.